The number of aromatic nitrogens is 4. The van der Waals surface area contributed by atoms with E-state index in [2.05, 4.69) is 15.1 Å². The van der Waals surface area contributed by atoms with Crippen molar-refractivity contribution in [3.05, 3.63) is 47.9 Å². The van der Waals surface area contributed by atoms with Gasteiger partial charge in [-0.15, -0.1) is 0 Å². The van der Waals surface area contributed by atoms with Crippen molar-refractivity contribution in [2.24, 2.45) is 0 Å². The SMILES string of the molecule is N#Cc1ccc(-c2ccnc3ncnn23)c(F)c1F. The van der Waals surface area contributed by atoms with Gasteiger partial charge in [0.05, 0.1) is 11.3 Å². The van der Waals surface area contributed by atoms with Crippen LogP contribution in [0, 0.1) is 23.0 Å². The van der Waals surface area contributed by atoms with Gasteiger partial charge in [0.2, 0.25) is 0 Å². The highest BCUT2D eigenvalue weighted by Gasteiger charge is 2.17. The van der Waals surface area contributed by atoms with Crippen molar-refractivity contribution >= 4 is 5.78 Å². The lowest BCUT2D eigenvalue weighted by molar-refractivity contribution is 0.508. The number of nitriles is 1. The zero-order chi connectivity index (χ0) is 13.4. The largest absolute Gasteiger partial charge is 0.252 e. The molecule has 92 valence electrons. The number of halogens is 2. The second-order valence-corrected chi connectivity index (χ2v) is 3.70. The minimum absolute atomic E-state index is 0.00519. The second-order valence-electron chi connectivity index (χ2n) is 3.70. The van der Waals surface area contributed by atoms with E-state index in [1.165, 1.54) is 35.2 Å². The normalized spacial score (nSPS) is 10.6. The van der Waals surface area contributed by atoms with Gasteiger partial charge in [0.1, 0.15) is 12.4 Å². The molecular formula is C12H5F2N5. The molecule has 5 nitrogen and oxygen atoms in total. The van der Waals surface area contributed by atoms with E-state index in [1.54, 1.807) is 6.07 Å². The number of hydrogen-bond donors (Lipinski definition) is 0. The minimum Gasteiger partial charge on any atom is -0.220 e. The van der Waals surface area contributed by atoms with Crippen LogP contribution in [0.3, 0.4) is 0 Å². The molecule has 0 aliphatic heterocycles. The molecule has 19 heavy (non-hydrogen) atoms. The van der Waals surface area contributed by atoms with Gasteiger partial charge in [-0.3, -0.25) is 0 Å². The Bertz CT molecular complexity index is 819. The molecule has 2 heterocycles. The highest BCUT2D eigenvalue weighted by Crippen LogP contribution is 2.25. The predicted octanol–water partition coefficient (Wildman–Crippen LogP) is 1.94. The standard InChI is InChI=1S/C12H5F2N5/c13-10-7(5-15)1-2-8(11(10)14)9-3-4-16-12-17-6-18-19(9)12/h1-4,6H. The molecule has 0 spiro atoms. The van der Waals surface area contributed by atoms with Gasteiger partial charge in [-0.25, -0.2) is 13.8 Å². The maximum atomic E-state index is 14.0. The molecule has 0 N–H and O–H groups in total. The summed E-state index contributed by atoms with van der Waals surface area (Å²) in [5, 5.41) is 12.5. The smallest absolute Gasteiger partial charge is 0.220 e. The van der Waals surface area contributed by atoms with Crippen LogP contribution in [-0.4, -0.2) is 19.6 Å². The fourth-order valence-corrected chi connectivity index (χ4v) is 1.78. The Morgan fingerprint density at radius 2 is 1.95 bits per heavy atom. The molecule has 0 fully saturated rings. The number of hydrogen-bond acceptors (Lipinski definition) is 4. The molecule has 0 bridgehead atoms. The van der Waals surface area contributed by atoms with Crippen LogP contribution < -0.4 is 0 Å². The van der Waals surface area contributed by atoms with Crippen molar-refractivity contribution in [3.63, 3.8) is 0 Å². The van der Waals surface area contributed by atoms with Gasteiger partial charge in [-0.1, -0.05) is 0 Å². The maximum absolute atomic E-state index is 14.0. The first-order chi connectivity index (χ1) is 9.22. The molecular weight excluding hydrogens is 252 g/mol. The van der Waals surface area contributed by atoms with Crippen LogP contribution in [0.25, 0.3) is 17.0 Å². The average Bonchev–Trinajstić information content (AvgIpc) is 2.90. The molecule has 0 saturated heterocycles. The lowest BCUT2D eigenvalue weighted by Crippen LogP contribution is -2.00. The third-order valence-electron chi connectivity index (χ3n) is 2.66. The molecule has 0 unspecified atom stereocenters. The first-order valence-electron chi connectivity index (χ1n) is 5.25. The van der Waals surface area contributed by atoms with Crippen LogP contribution in [-0.2, 0) is 0 Å². The van der Waals surface area contributed by atoms with Gasteiger partial charge in [-0.05, 0) is 18.2 Å². The summed E-state index contributed by atoms with van der Waals surface area (Å²) in [5.74, 6) is -1.99. The number of benzene rings is 1. The summed E-state index contributed by atoms with van der Waals surface area (Å²) in [5.41, 5.74) is -0.0390. The van der Waals surface area contributed by atoms with Gasteiger partial charge >= 0.3 is 0 Å². The van der Waals surface area contributed by atoms with E-state index >= 15 is 0 Å². The lowest BCUT2D eigenvalue weighted by atomic mass is 10.1. The first kappa shape index (κ1) is 11.2. The van der Waals surface area contributed by atoms with E-state index in [0.29, 0.717) is 5.69 Å². The monoisotopic (exact) mass is 257 g/mol. The molecule has 0 radical (unpaired) electrons. The van der Waals surface area contributed by atoms with Crippen molar-refractivity contribution in [2.45, 2.75) is 0 Å². The van der Waals surface area contributed by atoms with Crippen LogP contribution in [0.4, 0.5) is 8.78 Å². The Morgan fingerprint density at radius 1 is 1.11 bits per heavy atom. The van der Waals surface area contributed by atoms with Crippen molar-refractivity contribution in [2.75, 3.05) is 0 Å². The van der Waals surface area contributed by atoms with Crippen LogP contribution >= 0.6 is 0 Å². The van der Waals surface area contributed by atoms with E-state index in [0.717, 1.165) is 0 Å². The minimum atomic E-state index is -1.18. The van der Waals surface area contributed by atoms with E-state index in [4.69, 9.17) is 5.26 Å². The Morgan fingerprint density at radius 3 is 2.74 bits per heavy atom. The van der Waals surface area contributed by atoms with E-state index in [-0.39, 0.29) is 16.9 Å². The van der Waals surface area contributed by atoms with E-state index in [1.807, 2.05) is 0 Å². The number of nitrogens with zero attached hydrogens (tertiary/aromatic N) is 5. The molecule has 1 aromatic carbocycles. The molecule has 2 aromatic heterocycles. The quantitative estimate of drug-likeness (QED) is 0.668. The van der Waals surface area contributed by atoms with Gasteiger partial charge in [0.15, 0.2) is 11.6 Å². The fourth-order valence-electron chi connectivity index (χ4n) is 1.78. The Kier molecular flexibility index (Phi) is 2.42. The molecule has 0 aliphatic carbocycles. The zero-order valence-electron chi connectivity index (χ0n) is 9.38. The van der Waals surface area contributed by atoms with Crippen LogP contribution in [0.5, 0.6) is 0 Å². The summed E-state index contributed by atoms with van der Waals surface area (Å²) in [6.45, 7) is 0. The van der Waals surface area contributed by atoms with Crippen molar-refractivity contribution in [1.82, 2.24) is 19.6 Å². The molecule has 0 saturated carbocycles. The molecule has 0 atom stereocenters. The Hall–Kier alpha value is -2.88. The number of fused-ring (bicyclic) bond motifs is 1. The topological polar surface area (TPSA) is 66.9 Å². The van der Waals surface area contributed by atoms with Crippen LogP contribution in [0.1, 0.15) is 5.56 Å². The molecule has 0 amide bonds. The highest BCUT2D eigenvalue weighted by atomic mass is 19.2. The van der Waals surface area contributed by atoms with Crippen molar-refractivity contribution in [3.8, 4) is 17.3 Å². The molecule has 7 heteroatoms. The summed E-state index contributed by atoms with van der Waals surface area (Å²) in [6, 6.07) is 5.62. The fraction of sp³-hybridized carbons (Fsp3) is 0. The summed E-state index contributed by atoms with van der Waals surface area (Å²) in [4.78, 5) is 7.80. The van der Waals surface area contributed by atoms with E-state index in [9.17, 15) is 8.78 Å². The van der Waals surface area contributed by atoms with Crippen LogP contribution in [0.2, 0.25) is 0 Å². The molecule has 3 rings (SSSR count). The predicted molar refractivity (Wildman–Crippen MR) is 60.8 cm³/mol. The summed E-state index contributed by atoms with van der Waals surface area (Å²) < 4.78 is 28.9. The summed E-state index contributed by atoms with van der Waals surface area (Å²) in [6.07, 6.45) is 2.69. The molecule has 3 aromatic rings. The third-order valence-corrected chi connectivity index (χ3v) is 2.66. The second kappa shape index (κ2) is 4.10. The molecule has 0 aliphatic rings. The first-order valence-corrected chi connectivity index (χ1v) is 5.25. The van der Waals surface area contributed by atoms with Gasteiger partial charge in [0, 0.05) is 11.8 Å². The van der Waals surface area contributed by atoms with E-state index < -0.39 is 11.6 Å². The average molecular weight is 257 g/mol. The summed E-state index contributed by atoms with van der Waals surface area (Å²) >= 11 is 0. The third kappa shape index (κ3) is 1.62. The Balaban J connectivity index is 2.31. The van der Waals surface area contributed by atoms with Gasteiger partial charge in [0.25, 0.3) is 5.78 Å². The number of rotatable bonds is 1. The van der Waals surface area contributed by atoms with Gasteiger partial charge < -0.3 is 0 Å². The van der Waals surface area contributed by atoms with Crippen LogP contribution in [0.15, 0.2) is 30.7 Å². The van der Waals surface area contributed by atoms with Crippen molar-refractivity contribution < 1.29 is 8.78 Å². The zero-order valence-corrected chi connectivity index (χ0v) is 9.38. The van der Waals surface area contributed by atoms with Crippen molar-refractivity contribution in [1.29, 1.82) is 5.26 Å². The lowest BCUT2D eigenvalue weighted by Gasteiger charge is -2.06. The highest BCUT2D eigenvalue weighted by molar-refractivity contribution is 5.63. The summed E-state index contributed by atoms with van der Waals surface area (Å²) in [7, 11) is 0. The van der Waals surface area contributed by atoms with Gasteiger partial charge in [-0.2, -0.15) is 19.9 Å². The maximum Gasteiger partial charge on any atom is 0.252 e. The Labute approximate surface area is 105 Å².